The monoisotopic (exact) mass is 294 g/mol. The van der Waals surface area contributed by atoms with E-state index in [0.29, 0.717) is 5.69 Å². The van der Waals surface area contributed by atoms with Crippen molar-refractivity contribution in [2.45, 2.75) is 0 Å². The van der Waals surface area contributed by atoms with E-state index in [9.17, 15) is 17.6 Å². The molecular weight excluding hydrogens is 283 g/mol. The zero-order valence-electron chi connectivity index (χ0n) is 9.56. The van der Waals surface area contributed by atoms with E-state index in [2.05, 4.69) is 5.32 Å². The molecule has 1 aromatic carbocycles. The summed E-state index contributed by atoms with van der Waals surface area (Å²) < 4.78 is 36.1. The van der Waals surface area contributed by atoms with Crippen LogP contribution in [0.5, 0.6) is 0 Å². The average molecular weight is 295 g/mol. The van der Waals surface area contributed by atoms with Gasteiger partial charge in [0.05, 0.1) is 6.54 Å². The lowest BCUT2D eigenvalue weighted by Crippen LogP contribution is -2.35. The molecule has 5 nitrogen and oxygen atoms in total. The van der Waals surface area contributed by atoms with Gasteiger partial charge in [0.1, 0.15) is 11.0 Å². The molecule has 100 valence electrons. The first kappa shape index (κ1) is 14.9. The van der Waals surface area contributed by atoms with Crippen molar-refractivity contribution in [1.82, 2.24) is 4.31 Å². The minimum atomic E-state index is -3.61. The number of sulfonamides is 1. The third kappa shape index (κ3) is 4.25. The van der Waals surface area contributed by atoms with E-state index in [4.69, 9.17) is 11.6 Å². The summed E-state index contributed by atoms with van der Waals surface area (Å²) in [6, 6.07) is 5.14. The van der Waals surface area contributed by atoms with Crippen LogP contribution in [-0.2, 0) is 14.8 Å². The quantitative estimate of drug-likeness (QED) is 0.831. The highest BCUT2D eigenvalue weighted by molar-refractivity contribution is 7.90. The molecule has 0 bridgehead atoms. The molecule has 0 radical (unpaired) electrons. The lowest BCUT2D eigenvalue weighted by molar-refractivity contribution is -0.116. The minimum absolute atomic E-state index is 0.355. The molecule has 0 aliphatic carbocycles. The second kappa shape index (κ2) is 6.12. The highest BCUT2D eigenvalue weighted by Gasteiger charge is 2.19. The molecule has 18 heavy (non-hydrogen) atoms. The van der Waals surface area contributed by atoms with Gasteiger partial charge in [0.2, 0.25) is 15.9 Å². The molecule has 0 aromatic heterocycles. The van der Waals surface area contributed by atoms with E-state index in [1.165, 1.54) is 31.3 Å². The van der Waals surface area contributed by atoms with Crippen LogP contribution in [0.25, 0.3) is 0 Å². The fraction of sp³-hybridized carbons (Fsp3) is 0.300. The summed E-state index contributed by atoms with van der Waals surface area (Å²) in [5.74, 6) is -0.951. The number of nitrogens with one attached hydrogen (secondary N) is 1. The van der Waals surface area contributed by atoms with Gasteiger partial charge in [-0.3, -0.25) is 4.79 Å². The molecule has 1 aromatic rings. The first-order valence-electron chi connectivity index (χ1n) is 4.90. The molecule has 0 spiro atoms. The molecule has 0 heterocycles. The fourth-order valence-corrected chi connectivity index (χ4v) is 2.10. The van der Waals surface area contributed by atoms with Gasteiger partial charge in [0.25, 0.3) is 0 Å². The van der Waals surface area contributed by atoms with Crippen molar-refractivity contribution >= 4 is 33.2 Å². The molecule has 1 amide bonds. The van der Waals surface area contributed by atoms with Crippen molar-refractivity contribution in [3.63, 3.8) is 0 Å². The summed E-state index contributed by atoms with van der Waals surface area (Å²) in [7, 11) is -2.36. The zero-order valence-corrected chi connectivity index (χ0v) is 11.1. The Balaban J connectivity index is 2.60. The van der Waals surface area contributed by atoms with Gasteiger partial charge in [-0.25, -0.2) is 12.8 Å². The molecule has 0 saturated carbocycles. The topological polar surface area (TPSA) is 66.5 Å². The average Bonchev–Trinajstić information content (AvgIpc) is 2.32. The molecule has 0 aliphatic rings. The Bertz CT molecular complexity index is 518. The van der Waals surface area contributed by atoms with Gasteiger partial charge in [-0.15, -0.1) is 11.6 Å². The smallest absolute Gasteiger partial charge is 0.239 e. The van der Waals surface area contributed by atoms with Crippen LogP contribution in [0, 0.1) is 5.82 Å². The maximum absolute atomic E-state index is 12.6. The van der Waals surface area contributed by atoms with E-state index in [0.717, 1.165) is 4.31 Å². The first-order valence-corrected chi connectivity index (χ1v) is 7.05. The Morgan fingerprint density at radius 1 is 1.39 bits per heavy atom. The second-order valence-corrected chi connectivity index (χ2v) is 6.19. The number of hydrogen-bond donors (Lipinski definition) is 1. The number of amides is 1. The Labute approximate surface area is 110 Å². The van der Waals surface area contributed by atoms with Crippen molar-refractivity contribution in [2.75, 3.05) is 24.1 Å². The Morgan fingerprint density at radius 3 is 2.44 bits per heavy atom. The molecule has 0 atom stereocenters. The summed E-state index contributed by atoms with van der Waals surface area (Å²) in [5, 5.41) is 1.85. The van der Waals surface area contributed by atoms with E-state index in [-0.39, 0.29) is 6.54 Å². The number of rotatable bonds is 5. The van der Waals surface area contributed by atoms with Gasteiger partial charge < -0.3 is 5.32 Å². The van der Waals surface area contributed by atoms with Crippen LogP contribution in [0.2, 0.25) is 0 Å². The number of halogens is 2. The largest absolute Gasteiger partial charge is 0.325 e. The number of benzene rings is 1. The van der Waals surface area contributed by atoms with Crippen molar-refractivity contribution in [2.24, 2.45) is 0 Å². The summed E-state index contributed by atoms with van der Waals surface area (Å²) in [6.45, 7) is -0.355. The van der Waals surface area contributed by atoms with Gasteiger partial charge in [0.15, 0.2) is 0 Å². The van der Waals surface area contributed by atoms with Crippen LogP contribution < -0.4 is 5.32 Å². The predicted octanol–water partition coefficient (Wildman–Crippen LogP) is 1.22. The van der Waals surface area contributed by atoms with E-state index < -0.39 is 27.0 Å². The lowest BCUT2D eigenvalue weighted by atomic mass is 10.3. The normalized spacial score (nSPS) is 11.6. The minimum Gasteiger partial charge on any atom is -0.325 e. The van der Waals surface area contributed by atoms with Crippen LogP contribution in [-0.4, -0.2) is 37.4 Å². The molecule has 0 unspecified atom stereocenters. The number of hydrogen-bond acceptors (Lipinski definition) is 3. The molecule has 0 saturated heterocycles. The van der Waals surface area contributed by atoms with Gasteiger partial charge in [-0.05, 0) is 24.3 Å². The van der Waals surface area contributed by atoms with E-state index >= 15 is 0 Å². The standard InChI is InChI=1S/C10H12ClFN2O3S/c1-14(18(16,17)7-11)6-10(15)13-9-4-2-8(12)3-5-9/h2-5H,6-7H2,1H3,(H,13,15). The highest BCUT2D eigenvalue weighted by atomic mass is 35.5. The SMILES string of the molecule is CN(CC(=O)Nc1ccc(F)cc1)S(=O)(=O)CCl. The number of likely N-dealkylation sites (N-methyl/N-ethyl adjacent to an activating group) is 1. The Hall–Kier alpha value is -1.18. The fourth-order valence-electron chi connectivity index (χ4n) is 1.12. The molecule has 0 aliphatic heterocycles. The number of alkyl halides is 1. The number of anilines is 1. The summed E-state index contributed by atoms with van der Waals surface area (Å²) >= 11 is 5.25. The maximum Gasteiger partial charge on any atom is 0.239 e. The molecule has 1 N–H and O–H groups in total. The van der Waals surface area contributed by atoms with Crippen LogP contribution in [0.4, 0.5) is 10.1 Å². The van der Waals surface area contributed by atoms with Gasteiger partial charge in [-0.2, -0.15) is 4.31 Å². The van der Waals surface area contributed by atoms with E-state index in [1.807, 2.05) is 0 Å². The van der Waals surface area contributed by atoms with Gasteiger partial charge in [0, 0.05) is 12.7 Å². The Morgan fingerprint density at radius 2 is 1.94 bits per heavy atom. The summed E-state index contributed by atoms with van der Waals surface area (Å²) in [5.41, 5.74) is 0.387. The van der Waals surface area contributed by atoms with Crippen molar-refractivity contribution in [3.8, 4) is 0 Å². The van der Waals surface area contributed by atoms with Crippen molar-refractivity contribution < 1.29 is 17.6 Å². The summed E-state index contributed by atoms with van der Waals surface area (Å²) in [6.07, 6.45) is 0. The lowest BCUT2D eigenvalue weighted by Gasteiger charge is -2.14. The number of carbonyl (C=O) groups is 1. The van der Waals surface area contributed by atoms with Crippen molar-refractivity contribution in [1.29, 1.82) is 0 Å². The zero-order chi connectivity index (χ0) is 13.8. The van der Waals surface area contributed by atoms with Crippen LogP contribution >= 0.6 is 11.6 Å². The third-order valence-corrected chi connectivity index (χ3v) is 4.29. The summed E-state index contributed by atoms with van der Waals surface area (Å²) in [4.78, 5) is 11.5. The number of carbonyl (C=O) groups excluding carboxylic acids is 1. The van der Waals surface area contributed by atoms with Crippen LogP contribution in [0.15, 0.2) is 24.3 Å². The van der Waals surface area contributed by atoms with E-state index in [1.54, 1.807) is 0 Å². The molecule has 8 heteroatoms. The highest BCUT2D eigenvalue weighted by Crippen LogP contribution is 2.08. The maximum atomic E-state index is 12.6. The Kier molecular flexibility index (Phi) is 5.06. The molecule has 1 rings (SSSR count). The van der Waals surface area contributed by atoms with Gasteiger partial charge >= 0.3 is 0 Å². The van der Waals surface area contributed by atoms with Crippen LogP contribution in [0.1, 0.15) is 0 Å². The molecular formula is C10H12ClFN2O3S. The third-order valence-electron chi connectivity index (χ3n) is 2.11. The first-order chi connectivity index (χ1) is 8.35. The number of nitrogens with zero attached hydrogens (tertiary/aromatic N) is 1. The van der Waals surface area contributed by atoms with Gasteiger partial charge in [-0.1, -0.05) is 0 Å². The molecule has 0 fully saturated rings. The van der Waals surface area contributed by atoms with Crippen LogP contribution in [0.3, 0.4) is 0 Å². The predicted molar refractivity (Wildman–Crippen MR) is 67.3 cm³/mol. The van der Waals surface area contributed by atoms with Crippen molar-refractivity contribution in [3.05, 3.63) is 30.1 Å². The second-order valence-electron chi connectivity index (χ2n) is 3.53.